The molecule has 378 valence electrons. The number of hydroxylamine groups is 2. The SMILES string of the molecule is CC[C@H](C)[C@@H]([C@@H](CC(=O)N1CCC[C@H]1[C@H](OC)[C@@H](C)C(=O)N[C@@H](Cc1c[nH]c2ccccc12)C(N)=O)OC)N(C)[C@H](C(=O)NC(=O)[C@H](C(C)C)N(C)CCCC(=O)ON1C(=O)CCC1=O)C(C)C. The van der Waals surface area contributed by atoms with Crippen LogP contribution >= 0.6 is 0 Å². The van der Waals surface area contributed by atoms with Crippen LogP contribution in [0.25, 0.3) is 10.9 Å². The largest absolute Gasteiger partial charge is 0.379 e. The molecule has 0 spiro atoms. The van der Waals surface area contributed by atoms with E-state index in [-0.39, 0.29) is 68.7 Å². The molecule has 1 aromatic heterocycles. The molecule has 7 amide bonds. The van der Waals surface area contributed by atoms with Crippen LogP contribution in [-0.4, -0.2) is 156 Å². The highest BCUT2D eigenvalue weighted by molar-refractivity contribution is 6.02. The number of nitrogens with two attached hydrogens (primary N) is 1. The smallest absolute Gasteiger partial charge is 0.333 e. The second-order valence-electron chi connectivity index (χ2n) is 19.2. The fourth-order valence-electron chi connectivity index (χ4n) is 10.1. The van der Waals surface area contributed by atoms with Crippen molar-refractivity contribution in [2.45, 2.75) is 149 Å². The Hall–Kier alpha value is -5.24. The van der Waals surface area contributed by atoms with Crippen LogP contribution in [0.4, 0.5) is 0 Å². The number of primary amides is 1. The summed E-state index contributed by atoms with van der Waals surface area (Å²) in [6, 6.07) is 4.26. The number of hydrogen-bond donors (Lipinski definition) is 4. The van der Waals surface area contributed by atoms with E-state index in [1.54, 1.807) is 37.1 Å². The Morgan fingerprint density at radius 1 is 0.897 bits per heavy atom. The predicted molar refractivity (Wildman–Crippen MR) is 254 cm³/mol. The van der Waals surface area contributed by atoms with Crippen molar-refractivity contribution in [3.05, 3.63) is 36.0 Å². The van der Waals surface area contributed by atoms with E-state index in [4.69, 9.17) is 20.0 Å². The molecule has 2 aliphatic rings. The highest BCUT2D eigenvalue weighted by Gasteiger charge is 2.44. The van der Waals surface area contributed by atoms with Gasteiger partial charge in [0.1, 0.15) is 6.04 Å². The summed E-state index contributed by atoms with van der Waals surface area (Å²) < 4.78 is 12.1. The van der Waals surface area contributed by atoms with Gasteiger partial charge in [-0.2, -0.15) is 0 Å². The lowest BCUT2D eigenvalue weighted by atomic mass is 9.87. The number of aromatic nitrogens is 1. The molecule has 9 atom stereocenters. The Bertz CT molecular complexity index is 2080. The summed E-state index contributed by atoms with van der Waals surface area (Å²) in [6.45, 7) is 14.0. The van der Waals surface area contributed by atoms with E-state index >= 15 is 0 Å². The lowest BCUT2D eigenvalue weighted by molar-refractivity contribution is -0.197. The molecule has 0 saturated carbocycles. The van der Waals surface area contributed by atoms with Crippen molar-refractivity contribution in [2.75, 3.05) is 41.4 Å². The lowest BCUT2D eigenvalue weighted by Crippen LogP contribution is -2.60. The number of nitrogens with zero attached hydrogens (tertiary/aromatic N) is 4. The van der Waals surface area contributed by atoms with Crippen LogP contribution in [0.3, 0.4) is 0 Å². The van der Waals surface area contributed by atoms with Gasteiger partial charge in [-0.15, -0.1) is 5.06 Å². The van der Waals surface area contributed by atoms with Gasteiger partial charge in [-0.25, -0.2) is 4.79 Å². The van der Waals surface area contributed by atoms with Gasteiger partial charge >= 0.3 is 5.97 Å². The number of rotatable bonds is 26. The van der Waals surface area contributed by atoms with E-state index in [1.807, 2.05) is 77.8 Å². The van der Waals surface area contributed by atoms with Crippen molar-refractivity contribution < 1.29 is 52.7 Å². The van der Waals surface area contributed by atoms with Gasteiger partial charge < -0.3 is 35.2 Å². The van der Waals surface area contributed by atoms with Crippen molar-refractivity contribution in [2.24, 2.45) is 29.4 Å². The molecule has 1 aromatic carbocycles. The minimum Gasteiger partial charge on any atom is -0.379 e. The van der Waals surface area contributed by atoms with Crippen LogP contribution in [0, 0.1) is 23.7 Å². The number of amides is 7. The van der Waals surface area contributed by atoms with E-state index in [2.05, 4.69) is 15.6 Å². The summed E-state index contributed by atoms with van der Waals surface area (Å²) in [5.41, 5.74) is 7.54. The number of ether oxygens (including phenoxy) is 2. The average Bonchev–Trinajstić information content (AvgIpc) is 4.01. The van der Waals surface area contributed by atoms with Crippen molar-refractivity contribution in [3.8, 4) is 0 Å². The number of methoxy groups -OCH3 is 2. The molecule has 2 aromatic rings. The van der Waals surface area contributed by atoms with Crippen LogP contribution < -0.4 is 16.4 Å². The van der Waals surface area contributed by atoms with Crippen molar-refractivity contribution in [1.82, 2.24) is 35.4 Å². The molecule has 19 heteroatoms. The standard InChI is InChI=1S/C49H76N8O11/c1-12-30(6)44(55(9)43(29(4)5)49(65)53-48(64)42(28(2)3)54(8)23-16-20-41(61)68-57-38(58)21-22-39(57)59)37(66-10)26-40(60)56-24-15-19-36(56)45(67-11)31(7)47(63)52-35(46(50)62)25-32-27-51-34-18-14-13-17-33(32)34/h13-14,17-18,27-31,35-37,42-45,51H,12,15-16,19-26H2,1-11H3,(H2,50,62)(H,52,63)(H,53,64,65)/t30-,31+,35-,36-,37+,42-,43-,44-,45+/m0/s1. The zero-order chi connectivity index (χ0) is 50.6. The number of para-hydroxylation sites is 1. The third-order valence-corrected chi connectivity index (χ3v) is 13.7. The molecule has 0 unspecified atom stereocenters. The van der Waals surface area contributed by atoms with Gasteiger partial charge in [0.15, 0.2) is 0 Å². The minimum absolute atomic E-state index is 0.00606. The number of nitrogens with one attached hydrogen (secondary N) is 3. The number of carbonyl (C=O) groups excluding carboxylic acids is 8. The zero-order valence-electron chi connectivity index (χ0n) is 41.9. The van der Waals surface area contributed by atoms with Gasteiger partial charge in [0.05, 0.1) is 42.7 Å². The molecule has 5 N–H and O–H groups in total. The number of aromatic amines is 1. The van der Waals surface area contributed by atoms with Gasteiger partial charge in [0.25, 0.3) is 11.8 Å². The molecule has 2 aliphatic heterocycles. The first-order chi connectivity index (χ1) is 32.2. The molecule has 4 rings (SSSR count). The Balaban J connectivity index is 1.43. The number of carbonyl (C=O) groups is 8. The minimum atomic E-state index is -0.979. The normalized spacial score (nSPS) is 19.0. The molecule has 19 nitrogen and oxygen atoms in total. The van der Waals surface area contributed by atoms with E-state index in [0.29, 0.717) is 30.9 Å². The molecular formula is C49H76N8O11. The maximum absolute atomic E-state index is 14.5. The second kappa shape index (κ2) is 25.4. The Kier molecular flexibility index (Phi) is 20.7. The molecular weight excluding hydrogens is 877 g/mol. The maximum atomic E-state index is 14.5. The molecule has 2 saturated heterocycles. The van der Waals surface area contributed by atoms with Crippen molar-refractivity contribution >= 4 is 58.2 Å². The monoisotopic (exact) mass is 953 g/mol. The fraction of sp³-hybridized carbons (Fsp3) is 0.673. The third-order valence-electron chi connectivity index (χ3n) is 13.7. The quantitative estimate of drug-likeness (QED) is 0.0993. The predicted octanol–water partition coefficient (Wildman–Crippen LogP) is 3.09. The molecule has 0 radical (unpaired) electrons. The van der Waals surface area contributed by atoms with E-state index in [9.17, 15) is 38.4 Å². The van der Waals surface area contributed by atoms with Gasteiger partial charge in [-0.05, 0) is 69.3 Å². The molecule has 68 heavy (non-hydrogen) atoms. The highest BCUT2D eigenvalue weighted by Crippen LogP contribution is 2.31. The van der Waals surface area contributed by atoms with Crippen LogP contribution in [-0.2, 0) is 59.1 Å². The first-order valence-corrected chi connectivity index (χ1v) is 24.0. The molecule has 2 fully saturated rings. The lowest BCUT2D eigenvalue weighted by Gasteiger charge is -2.43. The number of hydrogen-bond acceptors (Lipinski definition) is 13. The number of benzene rings is 1. The van der Waals surface area contributed by atoms with Crippen molar-refractivity contribution in [3.63, 3.8) is 0 Å². The number of imide groups is 2. The van der Waals surface area contributed by atoms with Gasteiger partial charge in [0.2, 0.25) is 29.5 Å². The summed E-state index contributed by atoms with van der Waals surface area (Å²) in [5, 5.41) is 6.95. The number of likely N-dealkylation sites (tertiary alicyclic amines) is 1. The number of H-pyrrole nitrogens is 1. The second-order valence-corrected chi connectivity index (χ2v) is 19.2. The van der Waals surface area contributed by atoms with Gasteiger partial charge in [-0.3, -0.25) is 48.7 Å². The van der Waals surface area contributed by atoms with Gasteiger partial charge in [-0.1, -0.05) is 73.1 Å². The number of likely N-dealkylation sites (N-methyl/N-ethyl adjacent to an activating group) is 2. The summed E-state index contributed by atoms with van der Waals surface area (Å²) >= 11 is 0. The summed E-state index contributed by atoms with van der Waals surface area (Å²) in [5.74, 6) is -5.46. The summed E-state index contributed by atoms with van der Waals surface area (Å²) in [4.78, 5) is 119. The molecule has 0 aliphatic carbocycles. The van der Waals surface area contributed by atoms with Crippen molar-refractivity contribution in [1.29, 1.82) is 0 Å². The summed E-state index contributed by atoms with van der Waals surface area (Å²) in [7, 11) is 6.59. The Morgan fingerprint density at radius 2 is 1.53 bits per heavy atom. The van der Waals surface area contributed by atoms with E-state index in [0.717, 1.165) is 16.5 Å². The number of fused-ring (bicyclic) bond motifs is 1. The molecule has 3 heterocycles. The van der Waals surface area contributed by atoms with Crippen LogP contribution in [0.1, 0.15) is 105 Å². The Morgan fingerprint density at radius 3 is 2.12 bits per heavy atom. The van der Waals surface area contributed by atoms with Crippen LogP contribution in [0.5, 0.6) is 0 Å². The van der Waals surface area contributed by atoms with E-state index in [1.165, 1.54) is 7.11 Å². The first-order valence-electron chi connectivity index (χ1n) is 24.0. The van der Waals surface area contributed by atoms with Crippen LogP contribution in [0.2, 0.25) is 0 Å². The van der Waals surface area contributed by atoms with Gasteiger partial charge in [0, 0.05) is 69.6 Å². The maximum Gasteiger partial charge on any atom is 0.333 e. The zero-order valence-corrected chi connectivity index (χ0v) is 41.9. The first kappa shape index (κ1) is 55.4. The fourth-order valence-corrected chi connectivity index (χ4v) is 10.1. The van der Waals surface area contributed by atoms with E-state index < -0.39 is 89.7 Å². The topological polar surface area (TPSA) is 243 Å². The third kappa shape index (κ3) is 13.7. The van der Waals surface area contributed by atoms with Crippen LogP contribution in [0.15, 0.2) is 30.5 Å². The average molecular weight is 953 g/mol. The summed E-state index contributed by atoms with van der Waals surface area (Å²) in [6.07, 6.45) is 2.74. The Labute approximate surface area is 400 Å². The molecule has 0 bridgehead atoms. The highest BCUT2D eigenvalue weighted by atomic mass is 16.7.